The van der Waals surface area contributed by atoms with E-state index in [1.54, 1.807) is 6.07 Å². The van der Waals surface area contributed by atoms with Crippen LogP contribution in [0.5, 0.6) is 0 Å². The first-order valence-corrected chi connectivity index (χ1v) is 8.04. The van der Waals surface area contributed by atoms with Gasteiger partial charge in [-0.3, -0.25) is 9.89 Å². The van der Waals surface area contributed by atoms with Gasteiger partial charge in [0.05, 0.1) is 5.69 Å². The van der Waals surface area contributed by atoms with Crippen LogP contribution >= 0.6 is 0 Å². The van der Waals surface area contributed by atoms with E-state index in [1.165, 1.54) is 10.9 Å². The van der Waals surface area contributed by atoms with Crippen molar-refractivity contribution >= 4 is 5.78 Å². The van der Waals surface area contributed by atoms with Crippen molar-refractivity contribution in [1.29, 1.82) is 0 Å². The molecule has 1 atom stereocenters. The minimum atomic E-state index is -0.107. The van der Waals surface area contributed by atoms with Gasteiger partial charge in [0.25, 0.3) is 11.3 Å². The number of H-pyrrole nitrogens is 1. The molecule has 4 rings (SSSR count). The molecular weight excluding hydrogens is 290 g/mol. The topological polar surface area (TPSA) is 75.1 Å². The van der Waals surface area contributed by atoms with Gasteiger partial charge in [0, 0.05) is 11.6 Å². The van der Waals surface area contributed by atoms with Crippen LogP contribution in [-0.4, -0.2) is 32.7 Å². The van der Waals surface area contributed by atoms with E-state index in [9.17, 15) is 4.79 Å². The highest BCUT2D eigenvalue weighted by molar-refractivity contribution is 5.56. The van der Waals surface area contributed by atoms with Crippen molar-refractivity contribution in [3.8, 4) is 11.4 Å². The van der Waals surface area contributed by atoms with Crippen LogP contribution in [0, 0.1) is 5.92 Å². The van der Waals surface area contributed by atoms with E-state index in [-0.39, 0.29) is 5.56 Å². The molecule has 0 saturated carbocycles. The molecule has 118 valence electrons. The largest absolute Gasteiger partial charge is 0.316 e. The number of nitrogens with zero attached hydrogens (tertiary/aromatic N) is 3. The summed E-state index contributed by atoms with van der Waals surface area (Å²) in [7, 11) is 0. The predicted molar refractivity (Wildman–Crippen MR) is 88.3 cm³/mol. The third-order valence-corrected chi connectivity index (χ3v) is 4.40. The van der Waals surface area contributed by atoms with Crippen molar-refractivity contribution in [3.63, 3.8) is 0 Å². The normalized spacial score (nSPS) is 17.8. The second-order valence-corrected chi connectivity index (χ2v) is 6.06. The molecule has 0 radical (unpaired) electrons. The lowest BCUT2D eigenvalue weighted by molar-refractivity contribution is 0.529. The zero-order valence-electron chi connectivity index (χ0n) is 12.8. The minimum absolute atomic E-state index is 0.107. The Morgan fingerprint density at radius 3 is 2.87 bits per heavy atom. The third kappa shape index (κ3) is 2.90. The van der Waals surface area contributed by atoms with Crippen molar-refractivity contribution in [3.05, 3.63) is 52.4 Å². The highest BCUT2D eigenvalue weighted by atomic mass is 16.1. The van der Waals surface area contributed by atoms with Crippen molar-refractivity contribution in [2.24, 2.45) is 5.92 Å². The molecule has 1 aliphatic rings. The minimum Gasteiger partial charge on any atom is -0.316 e. The number of hydrogen-bond acceptors (Lipinski definition) is 4. The van der Waals surface area contributed by atoms with Gasteiger partial charge in [-0.15, -0.1) is 0 Å². The van der Waals surface area contributed by atoms with E-state index >= 15 is 0 Å². The average Bonchev–Trinajstić information content (AvgIpc) is 3.23. The molecule has 6 nitrogen and oxygen atoms in total. The summed E-state index contributed by atoms with van der Waals surface area (Å²) in [6.07, 6.45) is 3.10. The Kier molecular flexibility index (Phi) is 3.67. The Labute approximate surface area is 133 Å². The maximum atomic E-state index is 12.3. The van der Waals surface area contributed by atoms with Crippen LogP contribution in [0.15, 0.2) is 41.2 Å². The van der Waals surface area contributed by atoms with Gasteiger partial charge in [0.2, 0.25) is 0 Å². The van der Waals surface area contributed by atoms with Crippen LogP contribution in [0.4, 0.5) is 0 Å². The zero-order chi connectivity index (χ0) is 15.6. The number of aryl methyl sites for hydroxylation is 1. The van der Waals surface area contributed by atoms with Gasteiger partial charge in [-0.2, -0.15) is 9.50 Å². The summed E-state index contributed by atoms with van der Waals surface area (Å²) in [5.74, 6) is 1.79. The maximum absolute atomic E-state index is 12.3. The Balaban J connectivity index is 1.63. The molecule has 1 aliphatic heterocycles. The van der Waals surface area contributed by atoms with E-state index in [0.29, 0.717) is 17.5 Å². The Bertz CT molecular complexity index is 862. The fourth-order valence-corrected chi connectivity index (χ4v) is 3.09. The molecule has 0 bridgehead atoms. The smallest absolute Gasteiger partial charge is 0.274 e. The number of fused-ring (bicyclic) bond motifs is 1. The van der Waals surface area contributed by atoms with E-state index in [4.69, 9.17) is 0 Å². The van der Waals surface area contributed by atoms with Crippen LogP contribution in [0.3, 0.4) is 0 Å². The number of aromatic nitrogens is 4. The van der Waals surface area contributed by atoms with Gasteiger partial charge in [0.1, 0.15) is 0 Å². The van der Waals surface area contributed by atoms with Gasteiger partial charge >= 0.3 is 0 Å². The summed E-state index contributed by atoms with van der Waals surface area (Å²) in [4.78, 5) is 21.3. The fraction of sp³-hybridized carbons (Fsp3) is 0.353. The van der Waals surface area contributed by atoms with Gasteiger partial charge in [-0.05, 0) is 38.3 Å². The molecule has 0 aliphatic carbocycles. The van der Waals surface area contributed by atoms with Crippen LogP contribution in [0.1, 0.15) is 18.5 Å². The van der Waals surface area contributed by atoms with E-state index in [2.05, 4.69) is 20.4 Å². The van der Waals surface area contributed by atoms with Gasteiger partial charge in [-0.1, -0.05) is 30.3 Å². The summed E-state index contributed by atoms with van der Waals surface area (Å²) in [6.45, 7) is 2.17. The molecule has 23 heavy (non-hydrogen) atoms. The quantitative estimate of drug-likeness (QED) is 0.768. The summed E-state index contributed by atoms with van der Waals surface area (Å²) in [6, 6.07) is 11.4. The van der Waals surface area contributed by atoms with Crippen LogP contribution in [-0.2, 0) is 6.42 Å². The molecule has 3 heterocycles. The van der Waals surface area contributed by atoms with Crippen molar-refractivity contribution in [2.75, 3.05) is 13.1 Å². The van der Waals surface area contributed by atoms with E-state index < -0.39 is 0 Å². The van der Waals surface area contributed by atoms with Crippen molar-refractivity contribution in [1.82, 2.24) is 24.9 Å². The summed E-state index contributed by atoms with van der Waals surface area (Å²) < 4.78 is 1.41. The molecular formula is C17H19N5O. The highest BCUT2D eigenvalue weighted by Crippen LogP contribution is 2.16. The van der Waals surface area contributed by atoms with Gasteiger partial charge < -0.3 is 5.32 Å². The van der Waals surface area contributed by atoms with E-state index in [1.807, 2.05) is 30.3 Å². The van der Waals surface area contributed by atoms with Crippen molar-refractivity contribution < 1.29 is 0 Å². The van der Waals surface area contributed by atoms with Crippen LogP contribution in [0.2, 0.25) is 0 Å². The molecule has 0 amide bonds. The zero-order valence-corrected chi connectivity index (χ0v) is 12.8. The van der Waals surface area contributed by atoms with Gasteiger partial charge in [0.15, 0.2) is 5.82 Å². The number of benzene rings is 1. The molecule has 2 aromatic heterocycles. The number of nitrogens with one attached hydrogen (secondary N) is 2. The maximum Gasteiger partial charge on any atom is 0.274 e. The number of aromatic amines is 1. The Hall–Kier alpha value is -2.47. The van der Waals surface area contributed by atoms with Gasteiger partial charge in [-0.25, -0.2) is 4.98 Å². The number of hydrogen-bond donors (Lipinski definition) is 2. The first-order chi connectivity index (χ1) is 11.3. The second kappa shape index (κ2) is 5.96. The van der Waals surface area contributed by atoms with Crippen LogP contribution in [0.25, 0.3) is 17.2 Å². The molecule has 2 N–H and O–H groups in total. The molecule has 0 spiro atoms. The summed E-state index contributed by atoms with van der Waals surface area (Å²) in [5.41, 5.74) is 1.66. The van der Waals surface area contributed by atoms with Crippen LogP contribution < -0.4 is 10.9 Å². The fourth-order valence-electron chi connectivity index (χ4n) is 3.09. The third-order valence-electron chi connectivity index (χ3n) is 4.40. The molecule has 6 heteroatoms. The second-order valence-electron chi connectivity index (χ2n) is 6.06. The Morgan fingerprint density at radius 2 is 2.09 bits per heavy atom. The molecule has 1 saturated heterocycles. The lowest BCUT2D eigenvalue weighted by Gasteiger charge is -2.06. The first kappa shape index (κ1) is 14.1. The lowest BCUT2D eigenvalue weighted by atomic mass is 10.0. The summed E-state index contributed by atoms with van der Waals surface area (Å²) in [5, 5.41) is 6.39. The highest BCUT2D eigenvalue weighted by Gasteiger charge is 2.15. The van der Waals surface area contributed by atoms with E-state index in [0.717, 1.165) is 37.2 Å². The van der Waals surface area contributed by atoms with Crippen molar-refractivity contribution in [2.45, 2.75) is 19.3 Å². The number of rotatable bonds is 4. The Morgan fingerprint density at radius 1 is 1.22 bits per heavy atom. The average molecular weight is 309 g/mol. The lowest BCUT2D eigenvalue weighted by Crippen LogP contribution is -2.16. The molecule has 1 fully saturated rings. The predicted octanol–water partition coefficient (Wildman–Crippen LogP) is 1.63. The molecule has 1 aromatic carbocycles. The first-order valence-electron chi connectivity index (χ1n) is 8.04. The molecule has 1 unspecified atom stereocenters. The standard InChI is InChI=1S/C17H19N5O/c23-15-10-14(7-6-12-8-9-18-11-12)19-17-20-16(21-22(15)17)13-4-2-1-3-5-13/h1-5,10,12,18H,6-9,11H2,(H,19,20,21). The summed E-state index contributed by atoms with van der Waals surface area (Å²) >= 11 is 0. The molecule has 3 aromatic rings. The monoisotopic (exact) mass is 309 g/mol. The SMILES string of the molecule is O=c1cc(CCC2CCNC2)nc2nc(-c3ccccc3)[nH]n12.